The Bertz CT molecular complexity index is 962. The lowest BCUT2D eigenvalue weighted by molar-refractivity contribution is 0.0630. The molecule has 2 aliphatic rings. The number of aliphatic imine (C=N–C) groups is 2. The highest BCUT2D eigenvalue weighted by Gasteiger charge is 2.39. The van der Waals surface area contributed by atoms with Crippen LogP contribution in [0.3, 0.4) is 0 Å². The van der Waals surface area contributed by atoms with Crippen molar-refractivity contribution < 1.29 is 4.79 Å². The third-order valence-corrected chi connectivity index (χ3v) is 5.78. The summed E-state index contributed by atoms with van der Waals surface area (Å²) in [4.78, 5) is 34.5. The van der Waals surface area contributed by atoms with E-state index in [1.807, 2.05) is 24.3 Å². The summed E-state index contributed by atoms with van der Waals surface area (Å²) in [7, 11) is 0. The molecule has 9 heteroatoms. The van der Waals surface area contributed by atoms with Gasteiger partial charge in [-0.3, -0.25) is 4.79 Å². The molecule has 1 amide bonds. The van der Waals surface area contributed by atoms with Gasteiger partial charge in [0, 0.05) is 30.7 Å². The van der Waals surface area contributed by atoms with E-state index in [2.05, 4.69) is 29.8 Å². The number of halogens is 1. The fourth-order valence-electron chi connectivity index (χ4n) is 3.95. The molecule has 1 aromatic carbocycles. The minimum absolute atomic E-state index is 0.0934. The van der Waals surface area contributed by atoms with Crippen molar-refractivity contribution >= 4 is 41.3 Å². The van der Waals surface area contributed by atoms with Crippen LogP contribution in [-0.4, -0.2) is 58.1 Å². The number of rotatable bonds is 5. The number of benzene rings is 1. The monoisotopic (exact) mass is 439 g/mol. The Morgan fingerprint density at radius 1 is 1.13 bits per heavy atom. The first-order valence-electron chi connectivity index (χ1n) is 10.5. The van der Waals surface area contributed by atoms with E-state index in [0.29, 0.717) is 28.4 Å². The van der Waals surface area contributed by atoms with E-state index < -0.39 is 0 Å². The molecule has 0 spiro atoms. The Morgan fingerprint density at radius 3 is 2.32 bits per heavy atom. The van der Waals surface area contributed by atoms with Crippen LogP contribution in [0.1, 0.15) is 43.0 Å². The minimum Gasteiger partial charge on any atom is -0.390 e. The summed E-state index contributed by atoms with van der Waals surface area (Å²) >= 11 is 5.89. The molecule has 2 fully saturated rings. The number of hydrogen-bond donors (Lipinski definition) is 1. The lowest BCUT2D eigenvalue weighted by Gasteiger charge is -2.39. The Morgan fingerprint density at radius 2 is 1.74 bits per heavy atom. The first-order chi connectivity index (χ1) is 15.0. The second kappa shape index (κ2) is 9.43. The maximum Gasteiger partial charge on any atom is 0.254 e. The molecule has 0 bridgehead atoms. The highest BCUT2D eigenvalue weighted by atomic mass is 35.5. The fraction of sp³-hybridized carbons (Fsp3) is 0.409. The van der Waals surface area contributed by atoms with E-state index in [4.69, 9.17) is 17.3 Å². The molecular formula is C22H26ClN7O. The van der Waals surface area contributed by atoms with Crippen LogP contribution in [-0.2, 0) is 0 Å². The van der Waals surface area contributed by atoms with Crippen molar-refractivity contribution in [1.82, 2.24) is 14.9 Å². The molecule has 1 saturated carbocycles. The fourth-order valence-corrected chi connectivity index (χ4v) is 4.04. The van der Waals surface area contributed by atoms with E-state index in [1.165, 1.54) is 6.34 Å². The normalized spacial score (nSPS) is 17.9. The van der Waals surface area contributed by atoms with Crippen molar-refractivity contribution in [2.75, 3.05) is 18.0 Å². The summed E-state index contributed by atoms with van der Waals surface area (Å²) < 4.78 is 0. The van der Waals surface area contributed by atoms with Gasteiger partial charge in [-0.2, -0.15) is 0 Å². The van der Waals surface area contributed by atoms with Crippen molar-refractivity contribution in [3.63, 3.8) is 0 Å². The van der Waals surface area contributed by atoms with Crippen molar-refractivity contribution in [3.8, 4) is 0 Å². The summed E-state index contributed by atoms with van der Waals surface area (Å²) in [5.41, 5.74) is 6.73. The minimum atomic E-state index is 0.0934. The molecule has 2 aromatic rings. The SMILES string of the molecule is CC(N=CN)=Nc1ccc(C(=O)N(C2CC2)C2CCN(c3ncc(Cl)cn3)CC2)cc1. The van der Waals surface area contributed by atoms with Gasteiger partial charge in [0.2, 0.25) is 5.95 Å². The van der Waals surface area contributed by atoms with Gasteiger partial charge in [0.25, 0.3) is 5.91 Å². The number of aromatic nitrogens is 2. The van der Waals surface area contributed by atoms with Gasteiger partial charge in [-0.05, 0) is 56.9 Å². The first kappa shape index (κ1) is 21.2. The lowest BCUT2D eigenvalue weighted by Crippen LogP contribution is -2.48. The summed E-state index contributed by atoms with van der Waals surface area (Å²) in [5.74, 6) is 1.35. The van der Waals surface area contributed by atoms with Crippen LogP contribution in [0.25, 0.3) is 0 Å². The van der Waals surface area contributed by atoms with Gasteiger partial charge in [-0.15, -0.1) is 0 Å². The van der Waals surface area contributed by atoms with E-state index in [-0.39, 0.29) is 11.9 Å². The van der Waals surface area contributed by atoms with E-state index in [9.17, 15) is 4.79 Å². The van der Waals surface area contributed by atoms with Gasteiger partial charge in [-0.25, -0.2) is 20.0 Å². The van der Waals surface area contributed by atoms with E-state index >= 15 is 0 Å². The smallest absolute Gasteiger partial charge is 0.254 e. The number of amidine groups is 1. The molecule has 1 aliphatic carbocycles. The van der Waals surface area contributed by atoms with Gasteiger partial charge in [0.15, 0.2) is 0 Å². The molecule has 8 nitrogen and oxygen atoms in total. The van der Waals surface area contributed by atoms with Crippen LogP contribution < -0.4 is 10.6 Å². The predicted octanol–water partition coefficient (Wildman–Crippen LogP) is 3.44. The van der Waals surface area contributed by atoms with Crippen LogP contribution in [0.2, 0.25) is 5.02 Å². The summed E-state index contributed by atoms with van der Waals surface area (Å²) in [6.07, 6.45) is 8.39. The number of carbonyl (C=O) groups excluding carboxylic acids is 1. The Balaban J connectivity index is 1.43. The zero-order valence-corrected chi connectivity index (χ0v) is 18.2. The van der Waals surface area contributed by atoms with Crippen molar-refractivity contribution in [2.45, 2.75) is 44.7 Å². The summed E-state index contributed by atoms with van der Waals surface area (Å²) in [6.45, 7) is 3.41. The molecule has 4 rings (SSSR count). The van der Waals surface area contributed by atoms with E-state index in [0.717, 1.165) is 44.5 Å². The van der Waals surface area contributed by atoms with Crippen molar-refractivity contribution in [3.05, 3.63) is 47.2 Å². The molecule has 162 valence electrons. The van der Waals surface area contributed by atoms with Crippen LogP contribution in [0, 0.1) is 0 Å². The van der Waals surface area contributed by atoms with Crippen molar-refractivity contribution in [1.29, 1.82) is 0 Å². The Kier molecular flexibility index (Phi) is 6.46. The zero-order valence-electron chi connectivity index (χ0n) is 17.5. The third kappa shape index (κ3) is 5.19. The Labute approximate surface area is 186 Å². The van der Waals surface area contributed by atoms with Crippen LogP contribution in [0.15, 0.2) is 46.6 Å². The number of nitrogens with zero attached hydrogens (tertiary/aromatic N) is 6. The predicted molar refractivity (Wildman–Crippen MR) is 123 cm³/mol. The van der Waals surface area contributed by atoms with Crippen LogP contribution >= 0.6 is 11.6 Å². The topological polar surface area (TPSA) is 100 Å². The number of anilines is 1. The largest absolute Gasteiger partial charge is 0.390 e. The average molecular weight is 440 g/mol. The van der Waals surface area contributed by atoms with Gasteiger partial charge in [-0.1, -0.05) is 11.6 Å². The standard InChI is InChI=1S/C22H26ClN7O/c1-15(27-14-24)28-18-4-2-16(3-5-18)21(31)30(19-6-7-19)20-8-10-29(11-9-20)22-25-12-17(23)13-26-22/h2-5,12-14,19-20H,6-11H2,1H3,(H2,24,27,28). The summed E-state index contributed by atoms with van der Waals surface area (Å²) in [6, 6.07) is 7.93. The molecule has 0 radical (unpaired) electrons. The molecular weight excluding hydrogens is 414 g/mol. The summed E-state index contributed by atoms with van der Waals surface area (Å²) in [5, 5.41) is 0.531. The molecule has 2 N–H and O–H groups in total. The van der Waals surface area contributed by atoms with Gasteiger partial charge in [0.1, 0.15) is 5.84 Å². The molecule has 0 unspecified atom stereocenters. The second-order valence-electron chi connectivity index (χ2n) is 7.85. The van der Waals surface area contributed by atoms with Gasteiger partial charge in [0.05, 0.1) is 29.4 Å². The van der Waals surface area contributed by atoms with Crippen LogP contribution in [0.5, 0.6) is 0 Å². The molecule has 1 saturated heterocycles. The zero-order chi connectivity index (χ0) is 21.8. The average Bonchev–Trinajstić information content (AvgIpc) is 3.61. The van der Waals surface area contributed by atoms with Gasteiger partial charge >= 0.3 is 0 Å². The molecule has 0 atom stereocenters. The van der Waals surface area contributed by atoms with E-state index in [1.54, 1.807) is 19.3 Å². The maximum absolute atomic E-state index is 13.3. The first-order valence-corrected chi connectivity index (χ1v) is 10.9. The number of hydrogen-bond acceptors (Lipinski definition) is 5. The maximum atomic E-state index is 13.3. The third-order valence-electron chi connectivity index (χ3n) is 5.59. The van der Waals surface area contributed by atoms with Crippen molar-refractivity contribution in [2.24, 2.45) is 15.7 Å². The number of nitrogens with two attached hydrogens (primary N) is 1. The molecule has 1 aliphatic heterocycles. The quantitative estimate of drug-likeness (QED) is 0.568. The second-order valence-corrected chi connectivity index (χ2v) is 8.28. The molecule has 2 heterocycles. The molecule has 1 aromatic heterocycles. The number of carbonyl (C=O) groups is 1. The lowest BCUT2D eigenvalue weighted by atomic mass is 10.0. The highest BCUT2D eigenvalue weighted by molar-refractivity contribution is 6.30. The Hall–Kier alpha value is -3.00. The van der Waals surface area contributed by atoms with Crippen LogP contribution in [0.4, 0.5) is 11.6 Å². The molecule has 31 heavy (non-hydrogen) atoms. The van der Waals surface area contributed by atoms with Gasteiger partial charge < -0.3 is 15.5 Å². The number of piperidine rings is 1. The highest BCUT2D eigenvalue weighted by Crippen LogP contribution is 2.34. The number of amides is 1.